The third-order valence-electron chi connectivity index (χ3n) is 5.85. The Morgan fingerprint density at radius 1 is 1.13 bits per heavy atom. The van der Waals surface area contributed by atoms with Crippen molar-refractivity contribution in [3.63, 3.8) is 0 Å². The van der Waals surface area contributed by atoms with E-state index in [0.717, 1.165) is 11.3 Å². The molecule has 1 saturated heterocycles. The van der Waals surface area contributed by atoms with E-state index in [9.17, 15) is 14.0 Å². The van der Waals surface area contributed by atoms with Crippen LogP contribution in [0.15, 0.2) is 47.5 Å². The van der Waals surface area contributed by atoms with Gasteiger partial charge in [0.15, 0.2) is 0 Å². The van der Waals surface area contributed by atoms with E-state index in [4.69, 9.17) is 0 Å². The molecule has 2 aromatic rings. The summed E-state index contributed by atoms with van der Waals surface area (Å²) < 4.78 is 13.2. The summed E-state index contributed by atoms with van der Waals surface area (Å²) >= 11 is 0. The van der Waals surface area contributed by atoms with Gasteiger partial charge >= 0.3 is 0 Å². The van der Waals surface area contributed by atoms with Gasteiger partial charge in [0.2, 0.25) is 5.91 Å². The van der Waals surface area contributed by atoms with Crippen LogP contribution in [-0.2, 0) is 9.59 Å². The third-order valence-corrected chi connectivity index (χ3v) is 5.85. The Labute approximate surface area is 175 Å². The first-order valence-corrected chi connectivity index (χ1v) is 10.1. The number of nitrogens with one attached hydrogen (secondary N) is 2. The molecule has 2 N–H and O–H groups in total. The minimum Gasteiger partial charge on any atom is -0.326 e. The summed E-state index contributed by atoms with van der Waals surface area (Å²) in [6, 6.07) is 11.7. The second kappa shape index (κ2) is 7.99. The van der Waals surface area contributed by atoms with Crippen LogP contribution in [0.1, 0.15) is 29.5 Å². The number of carbonyl (C=O) groups excluding carboxylic acids is 2. The summed E-state index contributed by atoms with van der Waals surface area (Å²) in [5.41, 5.74) is 3.44. The molecule has 2 aromatic carbocycles. The van der Waals surface area contributed by atoms with E-state index in [2.05, 4.69) is 20.5 Å². The fourth-order valence-electron chi connectivity index (χ4n) is 3.91. The van der Waals surface area contributed by atoms with Crippen LogP contribution in [-0.4, -0.2) is 47.7 Å². The summed E-state index contributed by atoms with van der Waals surface area (Å²) in [5.74, 6) is -0.637. The van der Waals surface area contributed by atoms with Gasteiger partial charge in [-0.15, -0.1) is 0 Å². The fourth-order valence-corrected chi connectivity index (χ4v) is 3.91. The lowest BCUT2D eigenvalue weighted by Gasteiger charge is -2.36. The third kappa shape index (κ3) is 4.26. The zero-order valence-electron chi connectivity index (χ0n) is 17.2. The van der Waals surface area contributed by atoms with Crippen LogP contribution in [0.3, 0.4) is 0 Å². The van der Waals surface area contributed by atoms with Crippen LogP contribution in [0.5, 0.6) is 0 Å². The highest BCUT2D eigenvalue weighted by Gasteiger charge is 2.42. The molecule has 0 atom stereocenters. The van der Waals surface area contributed by atoms with Crippen molar-refractivity contribution in [2.24, 2.45) is 4.99 Å². The molecular weight excluding hydrogens is 383 g/mol. The molecular formula is C23H25FN4O2. The second-order valence-corrected chi connectivity index (χ2v) is 8.08. The van der Waals surface area contributed by atoms with Crippen LogP contribution < -0.4 is 10.6 Å². The first-order valence-electron chi connectivity index (χ1n) is 10.1. The Morgan fingerprint density at radius 2 is 1.83 bits per heavy atom. The molecule has 0 radical (unpaired) electrons. The number of nitrogens with zero attached hydrogens (tertiary/aromatic N) is 2. The molecule has 1 fully saturated rings. The lowest BCUT2D eigenvalue weighted by Crippen LogP contribution is -2.52. The maximum absolute atomic E-state index is 13.2. The molecule has 2 heterocycles. The molecule has 0 aliphatic carbocycles. The zero-order valence-corrected chi connectivity index (χ0v) is 17.2. The maximum atomic E-state index is 13.2. The number of hydrogen-bond donors (Lipinski definition) is 2. The lowest BCUT2D eigenvalue weighted by atomic mass is 9.98. The minimum absolute atomic E-state index is 0.0554. The molecule has 2 amide bonds. The molecule has 0 unspecified atom stereocenters. The smallest absolute Gasteiger partial charge is 0.272 e. The summed E-state index contributed by atoms with van der Waals surface area (Å²) in [6.45, 7) is 5.66. The Bertz CT molecular complexity index is 1010. The molecule has 30 heavy (non-hydrogen) atoms. The van der Waals surface area contributed by atoms with Gasteiger partial charge in [-0.2, -0.15) is 0 Å². The topological polar surface area (TPSA) is 73.8 Å². The number of amides is 2. The Kier molecular flexibility index (Phi) is 5.39. The van der Waals surface area contributed by atoms with E-state index in [0.29, 0.717) is 43.8 Å². The van der Waals surface area contributed by atoms with Gasteiger partial charge in [0, 0.05) is 37.2 Å². The van der Waals surface area contributed by atoms with E-state index in [1.165, 1.54) is 17.7 Å². The number of likely N-dealkylation sites (tertiary alicyclic amines) is 1. The van der Waals surface area contributed by atoms with Gasteiger partial charge in [0.25, 0.3) is 5.91 Å². The number of aliphatic imine (C=N–C) groups is 1. The first kappa shape index (κ1) is 20.2. The molecule has 0 bridgehead atoms. The monoisotopic (exact) mass is 408 g/mol. The van der Waals surface area contributed by atoms with Crippen molar-refractivity contribution in [2.45, 2.75) is 32.4 Å². The SMILES string of the molecule is Cc1ccc(NC(=O)CN2CCC3(CC2)N=C(c2ccc(F)cc2)C(=O)N3)cc1C. The van der Waals surface area contributed by atoms with Gasteiger partial charge in [0.05, 0.1) is 6.54 Å². The highest BCUT2D eigenvalue weighted by atomic mass is 19.1. The van der Waals surface area contributed by atoms with Crippen molar-refractivity contribution in [3.8, 4) is 0 Å². The molecule has 7 heteroatoms. The average Bonchev–Trinajstić information content (AvgIpc) is 3.03. The van der Waals surface area contributed by atoms with Gasteiger partial charge in [-0.1, -0.05) is 6.07 Å². The van der Waals surface area contributed by atoms with E-state index < -0.39 is 5.66 Å². The normalized spacial score (nSPS) is 18.2. The maximum Gasteiger partial charge on any atom is 0.272 e. The predicted molar refractivity (Wildman–Crippen MR) is 114 cm³/mol. The summed E-state index contributed by atoms with van der Waals surface area (Å²) in [5, 5.41) is 5.94. The number of anilines is 1. The molecule has 0 aromatic heterocycles. The van der Waals surface area contributed by atoms with Gasteiger partial charge in [-0.3, -0.25) is 19.5 Å². The van der Waals surface area contributed by atoms with E-state index >= 15 is 0 Å². The number of aryl methyl sites for hydroxylation is 2. The van der Waals surface area contributed by atoms with Crippen LogP contribution >= 0.6 is 0 Å². The standard InChI is InChI=1S/C23H25FN4O2/c1-15-3-8-19(13-16(15)2)25-20(29)14-28-11-9-23(10-12-28)26-21(22(30)27-23)17-4-6-18(24)7-5-17/h3-8,13H,9-12,14H2,1-2H3,(H,25,29)(H,27,30). The van der Waals surface area contributed by atoms with E-state index in [1.807, 2.05) is 32.0 Å². The molecule has 6 nitrogen and oxygen atoms in total. The first-order chi connectivity index (χ1) is 14.3. The molecule has 2 aliphatic rings. The van der Waals surface area contributed by atoms with Crippen LogP contribution in [0, 0.1) is 19.7 Å². The van der Waals surface area contributed by atoms with Gasteiger partial charge in [-0.05, 0) is 61.4 Å². The van der Waals surface area contributed by atoms with E-state index in [1.54, 1.807) is 12.1 Å². The van der Waals surface area contributed by atoms with Crippen molar-refractivity contribution < 1.29 is 14.0 Å². The number of piperidine rings is 1. The van der Waals surface area contributed by atoms with Gasteiger partial charge < -0.3 is 10.6 Å². The second-order valence-electron chi connectivity index (χ2n) is 8.08. The summed E-state index contributed by atoms with van der Waals surface area (Å²) in [4.78, 5) is 31.6. The number of halogens is 1. The van der Waals surface area contributed by atoms with Gasteiger partial charge in [0.1, 0.15) is 17.2 Å². The summed E-state index contributed by atoms with van der Waals surface area (Å²) in [7, 11) is 0. The van der Waals surface area contributed by atoms with Crippen molar-refractivity contribution in [1.82, 2.24) is 10.2 Å². The number of rotatable bonds is 4. The molecule has 0 saturated carbocycles. The molecule has 4 rings (SSSR count). The fraction of sp³-hybridized carbons (Fsp3) is 0.348. The van der Waals surface area contributed by atoms with Crippen molar-refractivity contribution >= 4 is 23.2 Å². The van der Waals surface area contributed by atoms with Crippen molar-refractivity contribution in [2.75, 3.05) is 25.0 Å². The van der Waals surface area contributed by atoms with E-state index in [-0.39, 0.29) is 17.6 Å². The number of carbonyl (C=O) groups is 2. The highest BCUT2D eigenvalue weighted by molar-refractivity contribution is 6.46. The quantitative estimate of drug-likeness (QED) is 0.817. The number of benzene rings is 2. The van der Waals surface area contributed by atoms with Crippen molar-refractivity contribution in [3.05, 3.63) is 65.0 Å². The minimum atomic E-state index is -0.637. The number of hydrogen-bond acceptors (Lipinski definition) is 4. The largest absolute Gasteiger partial charge is 0.326 e. The average molecular weight is 408 g/mol. The molecule has 1 spiro atoms. The van der Waals surface area contributed by atoms with Crippen LogP contribution in [0.2, 0.25) is 0 Å². The van der Waals surface area contributed by atoms with Crippen molar-refractivity contribution in [1.29, 1.82) is 0 Å². The predicted octanol–water partition coefficient (Wildman–Crippen LogP) is 2.79. The van der Waals surface area contributed by atoms with Gasteiger partial charge in [-0.25, -0.2) is 4.39 Å². The lowest BCUT2D eigenvalue weighted by molar-refractivity contribution is -0.119. The highest BCUT2D eigenvalue weighted by Crippen LogP contribution is 2.29. The van der Waals surface area contributed by atoms with Crippen LogP contribution in [0.4, 0.5) is 10.1 Å². The Hall–Kier alpha value is -3.06. The summed E-state index contributed by atoms with van der Waals surface area (Å²) in [6.07, 6.45) is 1.25. The molecule has 2 aliphatic heterocycles. The zero-order chi connectivity index (χ0) is 21.3. The molecule has 156 valence electrons. The Morgan fingerprint density at radius 3 is 2.50 bits per heavy atom. The Balaban J connectivity index is 1.35. The van der Waals surface area contributed by atoms with Crippen LogP contribution in [0.25, 0.3) is 0 Å².